The Kier molecular flexibility index (Phi) is 8.76. The van der Waals surface area contributed by atoms with Gasteiger partial charge < -0.3 is 4.79 Å². The van der Waals surface area contributed by atoms with E-state index in [-0.39, 0.29) is 22.9 Å². The van der Waals surface area contributed by atoms with E-state index in [1.54, 1.807) is 0 Å². The molecule has 2 aliphatic carbocycles. The molecule has 0 N–H and O–H groups in total. The first-order chi connectivity index (χ1) is 8.92. The Balaban J connectivity index is 0.000000345. The molecule has 1 nitrogen and oxygen atoms in total. The molecule has 20 heavy (non-hydrogen) atoms. The summed E-state index contributed by atoms with van der Waals surface area (Å²) in [5.41, 5.74) is 2.56. The zero-order valence-corrected chi connectivity index (χ0v) is 14.0. The van der Waals surface area contributed by atoms with Gasteiger partial charge in [-0.15, -0.1) is 12.5 Å². The zero-order chi connectivity index (χ0) is 14.3. The van der Waals surface area contributed by atoms with Gasteiger partial charge in [0.25, 0.3) is 0 Å². The predicted molar refractivity (Wildman–Crippen MR) is 80.4 cm³/mol. The van der Waals surface area contributed by atoms with Crippen LogP contribution in [0.3, 0.4) is 0 Å². The summed E-state index contributed by atoms with van der Waals surface area (Å²) < 4.78 is 0. The van der Waals surface area contributed by atoms with Crippen molar-refractivity contribution >= 4 is 5.78 Å². The summed E-state index contributed by atoms with van der Waals surface area (Å²) in [6.45, 7) is 8.64. The van der Waals surface area contributed by atoms with Crippen molar-refractivity contribution in [3.63, 3.8) is 0 Å². The number of hydrogen-bond donors (Lipinski definition) is 0. The molecule has 0 heterocycles. The predicted octanol–water partition coefficient (Wildman–Crippen LogP) is 4.76. The van der Waals surface area contributed by atoms with E-state index in [0.29, 0.717) is 11.8 Å². The van der Waals surface area contributed by atoms with E-state index in [2.05, 4.69) is 45.1 Å². The van der Waals surface area contributed by atoms with Gasteiger partial charge >= 0.3 is 17.1 Å². The fourth-order valence-corrected chi connectivity index (χ4v) is 1.93. The smallest absolute Gasteiger partial charge is 0.371 e. The van der Waals surface area contributed by atoms with Gasteiger partial charge in [-0.2, -0.15) is 23.8 Å². The van der Waals surface area contributed by atoms with Crippen molar-refractivity contribution < 1.29 is 21.9 Å². The zero-order valence-electron chi connectivity index (χ0n) is 12.9. The van der Waals surface area contributed by atoms with Crippen LogP contribution in [-0.2, 0) is 21.9 Å². The number of Topliss-reactive ketones (excluding diaryl/α,β-unsaturated/α-hetero) is 1. The number of allylic oxidation sites excluding steroid dienone is 8. The molecule has 2 aliphatic rings. The summed E-state index contributed by atoms with van der Waals surface area (Å²) in [6, 6.07) is 0. The van der Waals surface area contributed by atoms with Crippen molar-refractivity contribution in [2.45, 2.75) is 53.4 Å². The minimum Gasteiger partial charge on any atom is -0.371 e. The maximum absolute atomic E-state index is 10.9. The van der Waals surface area contributed by atoms with Gasteiger partial charge in [0, 0.05) is 5.78 Å². The quantitative estimate of drug-likeness (QED) is 0.542. The molecule has 0 unspecified atom stereocenters. The van der Waals surface area contributed by atoms with Crippen molar-refractivity contribution in [2.24, 2.45) is 5.41 Å². The molecule has 0 aromatic rings. The summed E-state index contributed by atoms with van der Waals surface area (Å²) >= 11 is 0. The second-order valence-corrected chi connectivity index (χ2v) is 6.02. The first kappa shape index (κ1) is 19.1. The van der Waals surface area contributed by atoms with E-state index >= 15 is 0 Å². The Bertz CT molecular complexity index is 431. The molecule has 0 bridgehead atoms. The molecule has 2 heteroatoms. The monoisotopic (exact) mass is 312 g/mol. The van der Waals surface area contributed by atoms with Gasteiger partial charge in [0.15, 0.2) is 0 Å². The van der Waals surface area contributed by atoms with Crippen molar-refractivity contribution in [3.05, 3.63) is 47.6 Å². The van der Waals surface area contributed by atoms with E-state index in [1.165, 1.54) is 5.57 Å². The van der Waals surface area contributed by atoms with Gasteiger partial charge in [-0.25, -0.2) is 11.6 Å². The third kappa shape index (κ3) is 7.67. The van der Waals surface area contributed by atoms with Crippen LogP contribution in [0.1, 0.15) is 53.4 Å². The standard InChI is InChI=1S/C10H15.C8H9O.Fe/c1-10(2,3)8-9-6-4-5-7-9;1-2-8(9)7-5-3-4-6-7;/h4,6H,5,8H2,1-3H3;3,5H,2,4H2,1H3;/q2*-1;+2. The van der Waals surface area contributed by atoms with Crippen LogP contribution in [0.5, 0.6) is 0 Å². The molecular weight excluding hydrogens is 288 g/mol. The van der Waals surface area contributed by atoms with Crippen LogP contribution < -0.4 is 0 Å². The average molecular weight is 312 g/mol. The second-order valence-electron chi connectivity index (χ2n) is 6.02. The minimum atomic E-state index is 0. The van der Waals surface area contributed by atoms with Crippen molar-refractivity contribution in [2.75, 3.05) is 0 Å². The van der Waals surface area contributed by atoms with Gasteiger partial charge in [0.2, 0.25) is 0 Å². The molecule has 2 rings (SSSR count). The largest absolute Gasteiger partial charge is 2.00 e. The number of carbonyl (C=O) groups excluding carboxylic acids is 1. The molecule has 0 fully saturated rings. The number of carbonyl (C=O) groups is 1. The first-order valence-electron chi connectivity index (χ1n) is 6.99. The summed E-state index contributed by atoms with van der Waals surface area (Å²) in [7, 11) is 0. The number of hydrogen-bond acceptors (Lipinski definition) is 1. The Hall–Kier alpha value is -0.851. The topological polar surface area (TPSA) is 17.1 Å². The van der Waals surface area contributed by atoms with Gasteiger partial charge in [-0.3, -0.25) is 6.08 Å². The SMILES string of the molecule is CC(C)(C)CC1=[C-]CC=C1.CCC(=O)C1=[C-]CC=C1.[Fe+2]. The van der Waals surface area contributed by atoms with Crippen molar-refractivity contribution in [1.82, 2.24) is 0 Å². The summed E-state index contributed by atoms with van der Waals surface area (Å²) in [6.07, 6.45) is 18.0. The molecule has 0 atom stereocenters. The molecule has 0 saturated carbocycles. The van der Waals surface area contributed by atoms with Gasteiger partial charge in [0.05, 0.1) is 0 Å². The number of rotatable bonds is 3. The maximum atomic E-state index is 10.9. The molecule has 0 spiro atoms. The Morgan fingerprint density at radius 3 is 2.15 bits per heavy atom. The van der Waals surface area contributed by atoms with E-state index < -0.39 is 0 Å². The Morgan fingerprint density at radius 1 is 1.15 bits per heavy atom. The minimum absolute atomic E-state index is 0. The maximum Gasteiger partial charge on any atom is 2.00 e. The molecular formula is C18H24FeO. The van der Waals surface area contributed by atoms with Crippen molar-refractivity contribution in [1.29, 1.82) is 0 Å². The fraction of sp³-hybridized carbons (Fsp3) is 0.500. The fourth-order valence-electron chi connectivity index (χ4n) is 1.93. The van der Waals surface area contributed by atoms with Crippen LogP contribution in [-0.4, -0.2) is 5.78 Å². The first-order valence-corrected chi connectivity index (χ1v) is 6.99. The average Bonchev–Trinajstić information content (AvgIpc) is 2.98. The van der Waals surface area contributed by atoms with Crippen LogP contribution in [0.25, 0.3) is 0 Å². The molecule has 0 aromatic carbocycles. The van der Waals surface area contributed by atoms with Crippen molar-refractivity contribution in [3.8, 4) is 0 Å². The molecule has 0 aromatic heterocycles. The Labute approximate surface area is 134 Å². The van der Waals surface area contributed by atoms with E-state index in [1.807, 2.05) is 19.1 Å². The third-order valence-corrected chi connectivity index (χ3v) is 2.80. The summed E-state index contributed by atoms with van der Waals surface area (Å²) in [4.78, 5) is 10.9. The van der Waals surface area contributed by atoms with Crippen LogP contribution in [0, 0.1) is 17.6 Å². The van der Waals surface area contributed by atoms with E-state index in [0.717, 1.165) is 24.8 Å². The Morgan fingerprint density at radius 2 is 1.75 bits per heavy atom. The third-order valence-electron chi connectivity index (χ3n) is 2.80. The summed E-state index contributed by atoms with van der Waals surface area (Å²) in [5.74, 6) is 0.198. The van der Waals surface area contributed by atoms with E-state index in [9.17, 15) is 4.79 Å². The van der Waals surface area contributed by atoms with Crippen LogP contribution in [0.15, 0.2) is 35.5 Å². The molecule has 0 amide bonds. The van der Waals surface area contributed by atoms with Gasteiger partial charge in [-0.1, -0.05) is 40.5 Å². The second kappa shape index (κ2) is 9.15. The molecule has 0 aliphatic heterocycles. The van der Waals surface area contributed by atoms with Crippen LogP contribution in [0.2, 0.25) is 0 Å². The normalized spacial score (nSPS) is 16.0. The van der Waals surface area contributed by atoms with Gasteiger partial charge in [0.1, 0.15) is 0 Å². The van der Waals surface area contributed by atoms with Crippen LogP contribution >= 0.6 is 0 Å². The molecule has 0 saturated heterocycles. The molecule has 0 radical (unpaired) electrons. The number of ketones is 1. The van der Waals surface area contributed by atoms with Gasteiger partial charge in [-0.05, 0) is 11.8 Å². The molecule has 110 valence electrons. The van der Waals surface area contributed by atoms with E-state index in [4.69, 9.17) is 0 Å². The summed E-state index contributed by atoms with van der Waals surface area (Å²) in [5, 5.41) is 0. The van der Waals surface area contributed by atoms with Crippen LogP contribution in [0.4, 0.5) is 0 Å².